The van der Waals surface area contributed by atoms with Crippen molar-refractivity contribution in [2.24, 2.45) is 5.92 Å². The van der Waals surface area contributed by atoms with Crippen LogP contribution in [-0.2, 0) is 6.42 Å². The fraction of sp³-hybridized carbons (Fsp3) is 0.533. The topological polar surface area (TPSA) is 38.1 Å². The van der Waals surface area contributed by atoms with Gasteiger partial charge in [-0.05, 0) is 37.8 Å². The van der Waals surface area contributed by atoms with E-state index in [1.807, 2.05) is 6.20 Å². The Morgan fingerprint density at radius 1 is 1.47 bits per heavy atom. The Morgan fingerprint density at radius 3 is 2.89 bits per heavy atom. The second-order valence-electron chi connectivity index (χ2n) is 5.23. The lowest BCUT2D eigenvalue weighted by Gasteiger charge is -2.20. The lowest BCUT2D eigenvalue weighted by atomic mass is 10.1. The van der Waals surface area contributed by atoms with Crippen molar-refractivity contribution in [3.8, 4) is 0 Å². The molecular weight excluding hydrogens is 256 g/mol. The van der Waals surface area contributed by atoms with Gasteiger partial charge in [0.15, 0.2) is 0 Å². The van der Waals surface area contributed by atoms with Crippen molar-refractivity contribution in [1.82, 2.24) is 10.3 Å². The van der Waals surface area contributed by atoms with Crippen molar-refractivity contribution in [2.75, 3.05) is 0 Å². The maximum atomic E-state index is 5.83. The smallest absolute Gasteiger partial charge is 0.120 e. The molecule has 0 radical (unpaired) electrons. The van der Waals surface area contributed by atoms with Crippen molar-refractivity contribution >= 4 is 11.3 Å². The number of aryl methyl sites for hydroxylation is 1. The summed E-state index contributed by atoms with van der Waals surface area (Å²) in [5, 5.41) is 6.95. The van der Waals surface area contributed by atoms with E-state index < -0.39 is 0 Å². The minimum absolute atomic E-state index is 0.231. The summed E-state index contributed by atoms with van der Waals surface area (Å²) in [5.41, 5.74) is 0. The quantitative estimate of drug-likeness (QED) is 0.863. The van der Waals surface area contributed by atoms with Crippen LogP contribution in [0, 0.1) is 5.92 Å². The molecule has 1 aliphatic carbocycles. The van der Waals surface area contributed by atoms with Crippen molar-refractivity contribution < 1.29 is 4.42 Å². The van der Waals surface area contributed by atoms with Crippen LogP contribution in [0.1, 0.15) is 55.3 Å². The molecule has 102 valence electrons. The van der Waals surface area contributed by atoms with Crippen LogP contribution < -0.4 is 5.32 Å². The van der Waals surface area contributed by atoms with E-state index in [-0.39, 0.29) is 6.04 Å². The van der Waals surface area contributed by atoms with Gasteiger partial charge in [0.05, 0.1) is 12.1 Å². The molecule has 3 rings (SSSR count). The molecule has 0 amide bonds. The number of rotatable bonds is 6. The van der Waals surface area contributed by atoms with E-state index in [9.17, 15) is 0 Å². The molecule has 0 bridgehead atoms. The molecule has 2 heterocycles. The lowest BCUT2D eigenvalue weighted by molar-refractivity contribution is 0.361. The summed E-state index contributed by atoms with van der Waals surface area (Å²) in [6.07, 6.45) is 5.46. The van der Waals surface area contributed by atoms with Gasteiger partial charge in [0.2, 0.25) is 0 Å². The predicted molar refractivity (Wildman–Crippen MR) is 77.2 cm³/mol. The van der Waals surface area contributed by atoms with Crippen LogP contribution in [0.15, 0.2) is 28.1 Å². The van der Waals surface area contributed by atoms with E-state index in [0.29, 0.717) is 6.04 Å². The normalized spacial score (nSPS) is 18.4. The van der Waals surface area contributed by atoms with E-state index in [2.05, 4.69) is 41.7 Å². The van der Waals surface area contributed by atoms with Crippen LogP contribution in [0.2, 0.25) is 0 Å². The average molecular weight is 276 g/mol. The van der Waals surface area contributed by atoms with E-state index in [0.717, 1.165) is 23.9 Å². The minimum Gasteiger partial charge on any atom is -0.464 e. The van der Waals surface area contributed by atoms with Crippen LogP contribution in [0.25, 0.3) is 0 Å². The molecule has 4 heteroatoms. The first kappa shape index (κ1) is 12.9. The molecule has 0 spiro atoms. The highest BCUT2D eigenvalue weighted by Gasteiger charge is 2.35. The maximum absolute atomic E-state index is 5.83. The van der Waals surface area contributed by atoms with Crippen molar-refractivity contribution in [2.45, 2.75) is 45.2 Å². The summed E-state index contributed by atoms with van der Waals surface area (Å²) in [6.45, 7) is 4.28. The Labute approximate surface area is 118 Å². The van der Waals surface area contributed by atoms with Crippen LogP contribution in [0.5, 0.6) is 0 Å². The number of furan rings is 1. The third kappa shape index (κ3) is 2.90. The molecule has 1 saturated carbocycles. The Morgan fingerprint density at radius 2 is 2.32 bits per heavy atom. The molecule has 2 atom stereocenters. The molecular formula is C15H20N2OS. The predicted octanol–water partition coefficient (Wildman–Crippen LogP) is 4.10. The highest BCUT2D eigenvalue weighted by Crippen LogP contribution is 2.42. The van der Waals surface area contributed by atoms with Crippen LogP contribution in [0.4, 0.5) is 0 Å². The Balaban J connectivity index is 1.71. The maximum Gasteiger partial charge on any atom is 0.120 e. The molecule has 1 aliphatic rings. The Bertz CT molecular complexity index is 516. The largest absolute Gasteiger partial charge is 0.464 e. The van der Waals surface area contributed by atoms with Gasteiger partial charge in [0, 0.05) is 18.0 Å². The molecule has 3 nitrogen and oxygen atoms in total. The number of nitrogens with one attached hydrogen (secondary N) is 1. The third-order valence-corrected chi connectivity index (χ3v) is 4.56. The summed E-state index contributed by atoms with van der Waals surface area (Å²) in [7, 11) is 0. The SMILES string of the molecule is CCc1ccc([C@@H](C)N[C@H](c2nccs2)C2CC2)o1. The molecule has 2 aromatic heterocycles. The third-order valence-electron chi connectivity index (χ3n) is 3.70. The second-order valence-corrected chi connectivity index (χ2v) is 6.16. The summed E-state index contributed by atoms with van der Waals surface area (Å²) < 4.78 is 5.83. The molecule has 1 N–H and O–H groups in total. The van der Waals surface area contributed by atoms with Crippen molar-refractivity contribution in [1.29, 1.82) is 0 Å². The van der Waals surface area contributed by atoms with Gasteiger partial charge in [-0.3, -0.25) is 5.32 Å². The summed E-state index contributed by atoms with van der Waals surface area (Å²) in [6, 6.07) is 4.77. The Hall–Kier alpha value is -1.13. The zero-order chi connectivity index (χ0) is 13.2. The monoisotopic (exact) mass is 276 g/mol. The number of aromatic nitrogens is 1. The van der Waals surface area contributed by atoms with Gasteiger partial charge in [-0.15, -0.1) is 11.3 Å². The molecule has 0 saturated heterocycles. The molecule has 0 aliphatic heterocycles. The van der Waals surface area contributed by atoms with Gasteiger partial charge in [0.1, 0.15) is 16.5 Å². The van der Waals surface area contributed by atoms with Crippen molar-refractivity contribution in [3.05, 3.63) is 40.2 Å². The highest BCUT2D eigenvalue weighted by molar-refractivity contribution is 7.09. The molecule has 2 aromatic rings. The minimum atomic E-state index is 0.231. The molecule has 1 fully saturated rings. The van der Waals surface area contributed by atoms with Gasteiger partial charge >= 0.3 is 0 Å². The standard InChI is InChI=1S/C15H20N2OS/c1-3-12-6-7-13(18-12)10(2)17-14(11-4-5-11)15-16-8-9-19-15/h6-11,14,17H,3-5H2,1-2H3/t10-,14+/m1/s1. The first-order chi connectivity index (χ1) is 9.28. The highest BCUT2D eigenvalue weighted by atomic mass is 32.1. The number of hydrogen-bond acceptors (Lipinski definition) is 4. The van der Waals surface area contributed by atoms with Gasteiger partial charge < -0.3 is 4.42 Å². The fourth-order valence-corrected chi connectivity index (χ4v) is 3.19. The summed E-state index contributed by atoms with van der Waals surface area (Å²) in [4.78, 5) is 4.47. The molecule has 0 aromatic carbocycles. The van der Waals surface area contributed by atoms with Gasteiger partial charge in [-0.25, -0.2) is 4.98 Å². The zero-order valence-corrected chi connectivity index (χ0v) is 12.2. The van der Waals surface area contributed by atoms with E-state index in [4.69, 9.17) is 4.42 Å². The molecule has 0 unspecified atom stereocenters. The van der Waals surface area contributed by atoms with Crippen LogP contribution in [0.3, 0.4) is 0 Å². The zero-order valence-electron chi connectivity index (χ0n) is 11.4. The summed E-state index contributed by atoms with van der Waals surface area (Å²) >= 11 is 1.74. The van der Waals surface area contributed by atoms with Gasteiger partial charge in [-0.1, -0.05) is 6.92 Å². The molecule has 19 heavy (non-hydrogen) atoms. The fourth-order valence-electron chi connectivity index (χ4n) is 2.40. The number of nitrogens with zero attached hydrogens (tertiary/aromatic N) is 1. The Kier molecular flexibility index (Phi) is 3.71. The summed E-state index contributed by atoms with van der Waals surface area (Å²) in [5.74, 6) is 2.83. The van der Waals surface area contributed by atoms with Crippen molar-refractivity contribution in [3.63, 3.8) is 0 Å². The van der Waals surface area contributed by atoms with E-state index >= 15 is 0 Å². The lowest BCUT2D eigenvalue weighted by Crippen LogP contribution is -2.25. The van der Waals surface area contributed by atoms with E-state index in [1.54, 1.807) is 11.3 Å². The van der Waals surface area contributed by atoms with E-state index in [1.165, 1.54) is 17.8 Å². The average Bonchev–Trinajstić information content (AvgIpc) is 2.95. The number of thiazole rings is 1. The first-order valence-electron chi connectivity index (χ1n) is 7.02. The van der Waals surface area contributed by atoms with Crippen LogP contribution in [-0.4, -0.2) is 4.98 Å². The number of hydrogen-bond donors (Lipinski definition) is 1. The second kappa shape index (κ2) is 5.47. The van der Waals surface area contributed by atoms with Crippen LogP contribution >= 0.6 is 11.3 Å². The first-order valence-corrected chi connectivity index (χ1v) is 7.90. The van der Waals surface area contributed by atoms with Gasteiger partial charge in [-0.2, -0.15) is 0 Å². The van der Waals surface area contributed by atoms with Gasteiger partial charge in [0.25, 0.3) is 0 Å².